The molecular formula is C19H18N4O2. The molecule has 1 amide bonds. The minimum absolute atomic E-state index is 0.215. The molecule has 2 aromatic heterocycles. The van der Waals surface area contributed by atoms with Crippen molar-refractivity contribution in [2.75, 3.05) is 0 Å². The Labute approximate surface area is 145 Å². The Kier molecular flexibility index (Phi) is 3.07. The van der Waals surface area contributed by atoms with Crippen molar-refractivity contribution in [3.63, 3.8) is 0 Å². The topological polar surface area (TPSA) is 60.2 Å². The number of carbonyl (C=O) groups is 1. The molecule has 0 atom stereocenters. The number of benzene rings is 1. The van der Waals surface area contributed by atoms with Crippen LogP contribution in [0.1, 0.15) is 24.1 Å². The molecular weight excluding hydrogens is 316 g/mol. The van der Waals surface area contributed by atoms with E-state index in [0.717, 1.165) is 40.8 Å². The number of nitrogens with zero attached hydrogens (tertiary/aromatic N) is 4. The van der Waals surface area contributed by atoms with E-state index >= 15 is 0 Å². The molecule has 1 aliphatic carbocycles. The van der Waals surface area contributed by atoms with Gasteiger partial charge < -0.3 is 14.2 Å². The summed E-state index contributed by atoms with van der Waals surface area (Å²) >= 11 is 0. The minimum Gasteiger partial charge on any atom is -0.439 e. The molecule has 6 heteroatoms. The van der Waals surface area contributed by atoms with Gasteiger partial charge in [0.1, 0.15) is 12.1 Å². The standard InChI is InChI=1S/C19H18N4O2/c1-22-7-6-13-8-14(4-5-17(13)22)25-18-15-9-23(19(24)12-2-3-12)10-16(15)20-11-21-18/h4-8,11-12H,2-3,9-10H2,1H3. The summed E-state index contributed by atoms with van der Waals surface area (Å²) in [6, 6.07) is 8.04. The Morgan fingerprint density at radius 2 is 2.08 bits per heavy atom. The van der Waals surface area contributed by atoms with E-state index in [2.05, 4.69) is 20.6 Å². The number of amides is 1. The summed E-state index contributed by atoms with van der Waals surface area (Å²) in [6.45, 7) is 1.09. The van der Waals surface area contributed by atoms with Crippen molar-refractivity contribution >= 4 is 16.8 Å². The molecule has 2 aliphatic rings. The molecule has 1 saturated carbocycles. The Morgan fingerprint density at radius 1 is 1.20 bits per heavy atom. The second kappa shape index (κ2) is 5.31. The molecule has 1 aliphatic heterocycles. The third-order valence-electron chi connectivity index (χ3n) is 4.99. The second-order valence-electron chi connectivity index (χ2n) is 6.82. The summed E-state index contributed by atoms with van der Waals surface area (Å²) in [5.74, 6) is 1.74. The van der Waals surface area contributed by atoms with Crippen LogP contribution < -0.4 is 4.74 Å². The van der Waals surface area contributed by atoms with E-state index in [1.165, 1.54) is 6.33 Å². The van der Waals surface area contributed by atoms with Crippen LogP contribution in [0.3, 0.4) is 0 Å². The van der Waals surface area contributed by atoms with Gasteiger partial charge in [-0.3, -0.25) is 4.79 Å². The summed E-state index contributed by atoms with van der Waals surface area (Å²) in [5.41, 5.74) is 2.96. The largest absolute Gasteiger partial charge is 0.439 e. The van der Waals surface area contributed by atoms with Crippen LogP contribution in [0, 0.1) is 5.92 Å². The maximum atomic E-state index is 12.3. The van der Waals surface area contributed by atoms with Gasteiger partial charge in [0, 0.05) is 30.1 Å². The fourth-order valence-corrected chi connectivity index (χ4v) is 3.42. The summed E-state index contributed by atoms with van der Waals surface area (Å²) in [6.07, 6.45) is 5.56. The lowest BCUT2D eigenvalue weighted by Crippen LogP contribution is -2.26. The molecule has 0 bridgehead atoms. The quantitative estimate of drug-likeness (QED) is 0.739. The zero-order valence-electron chi connectivity index (χ0n) is 14.0. The zero-order valence-corrected chi connectivity index (χ0v) is 14.0. The van der Waals surface area contributed by atoms with Crippen LogP contribution in [0.25, 0.3) is 10.9 Å². The first kappa shape index (κ1) is 14.5. The third-order valence-corrected chi connectivity index (χ3v) is 4.99. The monoisotopic (exact) mass is 334 g/mol. The maximum Gasteiger partial charge on any atom is 0.227 e. The molecule has 25 heavy (non-hydrogen) atoms. The molecule has 0 radical (unpaired) electrons. The number of aromatic nitrogens is 3. The molecule has 0 unspecified atom stereocenters. The number of rotatable bonds is 3. The van der Waals surface area contributed by atoms with Crippen LogP contribution in [-0.2, 0) is 24.9 Å². The first-order chi connectivity index (χ1) is 12.2. The molecule has 1 aromatic carbocycles. The minimum atomic E-state index is 0.215. The van der Waals surface area contributed by atoms with Crippen molar-refractivity contribution in [1.82, 2.24) is 19.4 Å². The first-order valence-electron chi connectivity index (χ1n) is 8.53. The SMILES string of the molecule is Cn1ccc2cc(Oc3ncnc4c3CN(C(=O)C3CC3)C4)ccc21. The molecule has 0 spiro atoms. The van der Waals surface area contributed by atoms with Gasteiger partial charge in [-0.25, -0.2) is 9.97 Å². The highest BCUT2D eigenvalue weighted by Gasteiger charge is 2.37. The van der Waals surface area contributed by atoms with E-state index in [1.54, 1.807) is 0 Å². The summed E-state index contributed by atoms with van der Waals surface area (Å²) < 4.78 is 8.12. The number of aryl methyl sites for hydroxylation is 1. The van der Waals surface area contributed by atoms with Gasteiger partial charge in [0.2, 0.25) is 11.8 Å². The summed E-state index contributed by atoms with van der Waals surface area (Å²) in [7, 11) is 2.02. The van der Waals surface area contributed by atoms with E-state index in [4.69, 9.17) is 4.74 Å². The lowest BCUT2D eigenvalue weighted by molar-refractivity contribution is -0.133. The zero-order chi connectivity index (χ0) is 17.0. The normalized spacial score (nSPS) is 16.3. The smallest absolute Gasteiger partial charge is 0.227 e. The first-order valence-corrected chi connectivity index (χ1v) is 8.53. The maximum absolute atomic E-state index is 12.3. The average Bonchev–Trinajstić information content (AvgIpc) is 3.27. The number of fused-ring (bicyclic) bond motifs is 2. The van der Waals surface area contributed by atoms with Gasteiger partial charge in [-0.2, -0.15) is 0 Å². The molecule has 0 N–H and O–H groups in total. The van der Waals surface area contributed by atoms with E-state index in [-0.39, 0.29) is 11.8 Å². The van der Waals surface area contributed by atoms with Crippen molar-refractivity contribution in [1.29, 1.82) is 0 Å². The average molecular weight is 334 g/mol. The van der Waals surface area contributed by atoms with Gasteiger partial charge in [-0.05, 0) is 37.1 Å². The number of hydrogen-bond donors (Lipinski definition) is 0. The van der Waals surface area contributed by atoms with Crippen LogP contribution >= 0.6 is 0 Å². The van der Waals surface area contributed by atoms with Gasteiger partial charge in [0.25, 0.3) is 0 Å². The van der Waals surface area contributed by atoms with Crippen LogP contribution in [-0.4, -0.2) is 25.3 Å². The van der Waals surface area contributed by atoms with E-state index in [1.807, 2.05) is 36.3 Å². The van der Waals surface area contributed by atoms with Gasteiger partial charge >= 0.3 is 0 Å². The van der Waals surface area contributed by atoms with Crippen LogP contribution in [0.5, 0.6) is 11.6 Å². The molecule has 1 fully saturated rings. The predicted octanol–water partition coefficient (Wildman–Crippen LogP) is 3.01. The van der Waals surface area contributed by atoms with Crippen molar-refractivity contribution < 1.29 is 9.53 Å². The predicted molar refractivity (Wildman–Crippen MR) is 92.0 cm³/mol. The molecule has 5 rings (SSSR count). The van der Waals surface area contributed by atoms with Gasteiger partial charge in [0.15, 0.2) is 0 Å². The second-order valence-corrected chi connectivity index (χ2v) is 6.82. The lowest BCUT2D eigenvalue weighted by atomic mass is 10.2. The highest BCUT2D eigenvalue weighted by molar-refractivity contribution is 5.82. The molecule has 3 aromatic rings. The lowest BCUT2D eigenvalue weighted by Gasteiger charge is -2.14. The van der Waals surface area contributed by atoms with Crippen LogP contribution in [0.2, 0.25) is 0 Å². The van der Waals surface area contributed by atoms with E-state index in [0.29, 0.717) is 19.0 Å². The Balaban J connectivity index is 1.43. The highest BCUT2D eigenvalue weighted by atomic mass is 16.5. The van der Waals surface area contributed by atoms with Crippen molar-refractivity contribution in [2.45, 2.75) is 25.9 Å². The fourth-order valence-electron chi connectivity index (χ4n) is 3.42. The number of ether oxygens (including phenoxy) is 1. The van der Waals surface area contributed by atoms with Gasteiger partial charge in [-0.1, -0.05) is 0 Å². The Bertz CT molecular complexity index is 990. The van der Waals surface area contributed by atoms with Gasteiger partial charge in [-0.15, -0.1) is 0 Å². The van der Waals surface area contributed by atoms with Crippen molar-refractivity contribution in [3.05, 3.63) is 48.0 Å². The molecule has 126 valence electrons. The Hall–Kier alpha value is -2.89. The summed E-state index contributed by atoms with van der Waals surface area (Å²) in [4.78, 5) is 22.8. The highest BCUT2D eigenvalue weighted by Crippen LogP contribution is 2.36. The Morgan fingerprint density at radius 3 is 2.92 bits per heavy atom. The fraction of sp³-hybridized carbons (Fsp3) is 0.316. The van der Waals surface area contributed by atoms with E-state index < -0.39 is 0 Å². The van der Waals surface area contributed by atoms with Crippen LogP contribution in [0.4, 0.5) is 0 Å². The number of carbonyl (C=O) groups excluding carboxylic acids is 1. The van der Waals surface area contributed by atoms with E-state index in [9.17, 15) is 4.79 Å². The summed E-state index contributed by atoms with van der Waals surface area (Å²) in [5, 5.41) is 1.12. The van der Waals surface area contributed by atoms with Crippen molar-refractivity contribution in [2.24, 2.45) is 13.0 Å². The van der Waals surface area contributed by atoms with Crippen LogP contribution in [0.15, 0.2) is 36.8 Å². The third kappa shape index (κ3) is 2.45. The molecule has 6 nitrogen and oxygen atoms in total. The molecule has 0 saturated heterocycles. The van der Waals surface area contributed by atoms with Crippen molar-refractivity contribution in [3.8, 4) is 11.6 Å². The number of hydrogen-bond acceptors (Lipinski definition) is 4. The van der Waals surface area contributed by atoms with Gasteiger partial charge in [0.05, 0.1) is 24.3 Å². The molecule has 3 heterocycles.